The maximum absolute atomic E-state index is 11.6. The molecule has 0 heterocycles. The van der Waals surface area contributed by atoms with Crippen LogP contribution in [0, 0.1) is 10.1 Å². The SMILES string of the molecule is CCCNC(=O)[C@@H](C)Nc1cccc([N+](=O)[O-])c1. The molecule has 1 aromatic carbocycles. The molecule has 18 heavy (non-hydrogen) atoms. The highest BCUT2D eigenvalue weighted by molar-refractivity contribution is 5.84. The first-order chi connectivity index (χ1) is 8.54. The lowest BCUT2D eigenvalue weighted by molar-refractivity contribution is -0.384. The molecule has 0 spiro atoms. The zero-order chi connectivity index (χ0) is 13.5. The standard InChI is InChI=1S/C12H17N3O3/c1-3-7-13-12(16)9(2)14-10-5-4-6-11(8-10)15(17)18/h4-6,8-9,14H,3,7H2,1-2H3,(H,13,16)/t9-/m1/s1. The molecule has 6 nitrogen and oxygen atoms in total. The zero-order valence-corrected chi connectivity index (χ0v) is 10.5. The Balaban J connectivity index is 2.63. The fourth-order valence-corrected chi connectivity index (χ4v) is 1.43. The molecule has 0 radical (unpaired) electrons. The molecule has 0 aliphatic carbocycles. The molecule has 0 aromatic heterocycles. The maximum Gasteiger partial charge on any atom is 0.271 e. The van der Waals surface area contributed by atoms with Gasteiger partial charge in [-0.3, -0.25) is 14.9 Å². The number of non-ortho nitro benzene ring substituents is 1. The third kappa shape index (κ3) is 4.04. The molecule has 1 atom stereocenters. The number of nitrogens with one attached hydrogen (secondary N) is 2. The molecular formula is C12H17N3O3. The summed E-state index contributed by atoms with van der Waals surface area (Å²) in [5, 5.41) is 16.3. The van der Waals surface area contributed by atoms with Gasteiger partial charge in [0.25, 0.3) is 5.69 Å². The average Bonchev–Trinajstić information content (AvgIpc) is 2.36. The number of benzene rings is 1. The Morgan fingerprint density at radius 1 is 1.50 bits per heavy atom. The van der Waals surface area contributed by atoms with E-state index in [4.69, 9.17) is 0 Å². The predicted octanol–water partition coefficient (Wildman–Crippen LogP) is 1.92. The second kappa shape index (κ2) is 6.58. The van der Waals surface area contributed by atoms with E-state index in [9.17, 15) is 14.9 Å². The number of hydrogen-bond acceptors (Lipinski definition) is 4. The second-order valence-corrected chi connectivity index (χ2v) is 3.96. The van der Waals surface area contributed by atoms with E-state index in [-0.39, 0.29) is 11.6 Å². The Labute approximate surface area is 106 Å². The van der Waals surface area contributed by atoms with Crippen molar-refractivity contribution in [2.45, 2.75) is 26.3 Å². The van der Waals surface area contributed by atoms with Crippen LogP contribution in [0.1, 0.15) is 20.3 Å². The largest absolute Gasteiger partial charge is 0.374 e. The van der Waals surface area contributed by atoms with Gasteiger partial charge in [0.15, 0.2) is 0 Å². The van der Waals surface area contributed by atoms with Gasteiger partial charge >= 0.3 is 0 Å². The summed E-state index contributed by atoms with van der Waals surface area (Å²) in [4.78, 5) is 21.8. The number of anilines is 1. The van der Waals surface area contributed by atoms with Gasteiger partial charge in [-0.05, 0) is 19.4 Å². The van der Waals surface area contributed by atoms with E-state index in [1.165, 1.54) is 12.1 Å². The molecule has 0 saturated heterocycles. The van der Waals surface area contributed by atoms with E-state index < -0.39 is 11.0 Å². The van der Waals surface area contributed by atoms with Crippen molar-refractivity contribution in [2.75, 3.05) is 11.9 Å². The lowest BCUT2D eigenvalue weighted by atomic mass is 10.2. The molecule has 2 N–H and O–H groups in total. The van der Waals surface area contributed by atoms with Gasteiger partial charge < -0.3 is 10.6 Å². The summed E-state index contributed by atoms with van der Waals surface area (Å²) < 4.78 is 0. The zero-order valence-electron chi connectivity index (χ0n) is 10.5. The van der Waals surface area contributed by atoms with E-state index >= 15 is 0 Å². The van der Waals surface area contributed by atoms with Crippen LogP contribution < -0.4 is 10.6 Å². The van der Waals surface area contributed by atoms with Crippen molar-refractivity contribution in [1.82, 2.24) is 5.32 Å². The third-order valence-corrected chi connectivity index (χ3v) is 2.38. The van der Waals surface area contributed by atoms with Crippen LogP contribution in [0.25, 0.3) is 0 Å². The molecule has 1 amide bonds. The van der Waals surface area contributed by atoms with Gasteiger partial charge in [-0.2, -0.15) is 0 Å². The van der Waals surface area contributed by atoms with Crippen LogP contribution in [0.15, 0.2) is 24.3 Å². The summed E-state index contributed by atoms with van der Waals surface area (Å²) in [7, 11) is 0. The quantitative estimate of drug-likeness (QED) is 0.597. The highest BCUT2D eigenvalue weighted by atomic mass is 16.6. The van der Waals surface area contributed by atoms with E-state index in [2.05, 4.69) is 10.6 Å². The van der Waals surface area contributed by atoms with E-state index in [1.807, 2.05) is 6.92 Å². The van der Waals surface area contributed by atoms with Gasteiger partial charge in [0, 0.05) is 24.4 Å². The fraction of sp³-hybridized carbons (Fsp3) is 0.417. The number of nitro groups is 1. The molecule has 0 unspecified atom stereocenters. The monoisotopic (exact) mass is 251 g/mol. The molecule has 0 bridgehead atoms. The summed E-state index contributed by atoms with van der Waals surface area (Å²) in [6, 6.07) is 5.66. The lowest BCUT2D eigenvalue weighted by Gasteiger charge is -2.14. The Hall–Kier alpha value is -2.11. The number of amides is 1. The summed E-state index contributed by atoms with van der Waals surface area (Å²) in [6.07, 6.45) is 0.870. The Morgan fingerprint density at radius 3 is 2.83 bits per heavy atom. The summed E-state index contributed by atoms with van der Waals surface area (Å²) in [5.41, 5.74) is 0.560. The second-order valence-electron chi connectivity index (χ2n) is 3.96. The van der Waals surface area contributed by atoms with Crippen molar-refractivity contribution in [3.05, 3.63) is 34.4 Å². The Morgan fingerprint density at radius 2 is 2.22 bits per heavy atom. The van der Waals surface area contributed by atoms with Crippen molar-refractivity contribution < 1.29 is 9.72 Å². The van der Waals surface area contributed by atoms with Crippen LogP contribution >= 0.6 is 0 Å². The Kier molecular flexibility index (Phi) is 5.10. The highest BCUT2D eigenvalue weighted by Gasteiger charge is 2.13. The van der Waals surface area contributed by atoms with E-state index in [1.54, 1.807) is 19.1 Å². The lowest BCUT2D eigenvalue weighted by Crippen LogP contribution is -2.37. The first kappa shape index (κ1) is 14.0. The van der Waals surface area contributed by atoms with Crippen LogP contribution in [0.3, 0.4) is 0 Å². The number of hydrogen-bond donors (Lipinski definition) is 2. The minimum absolute atomic E-state index is 0.00108. The van der Waals surface area contributed by atoms with Crippen molar-refractivity contribution in [3.63, 3.8) is 0 Å². The van der Waals surface area contributed by atoms with Gasteiger partial charge in [0.1, 0.15) is 6.04 Å². The predicted molar refractivity (Wildman–Crippen MR) is 69.5 cm³/mol. The van der Waals surface area contributed by atoms with Gasteiger partial charge in [-0.25, -0.2) is 0 Å². The van der Waals surface area contributed by atoms with E-state index in [0.29, 0.717) is 12.2 Å². The first-order valence-electron chi connectivity index (χ1n) is 5.83. The van der Waals surface area contributed by atoms with Gasteiger partial charge in [-0.15, -0.1) is 0 Å². The molecular weight excluding hydrogens is 234 g/mol. The molecule has 98 valence electrons. The minimum Gasteiger partial charge on any atom is -0.374 e. The molecule has 6 heteroatoms. The number of rotatable bonds is 6. The summed E-state index contributed by atoms with van der Waals surface area (Å²) in [6.45, 7) is 4.31. The molecule has 0 saturated carbocycles. The van der Waals surface area contributed by atoms with Crippen LogP contribution in [0.2, 0.25) is 0 Å². The number of carbonyl (C=O) groups excluding carboxylic acids is 1. The molecule has 0 fully saturated rings. The van der Waals surface area contributed by atoms with Crippen molar-refractivity contribution in [3.8, 4) is 0 Å². The highest BCUT2D eigenvalue weighted by Crippen LogP contribution is 2.17. The maximum atomic E-state index is 11.6. The number of carbonyl (C=O) groups is 1. The normalized spacial score (nSPS) is 11.7. The van der Waals surface area contributed by atoms with Crippen molar-refractivity contribution in [2.24, 2.45) is 0 Å². The van der Waals surface area contributed by atoms with Gasteiger partial charge in [-0.1, -0.05) is 13.0 Å². The summed E-state index contributed by atoms with van der Waals surface area (Å²) in [5.74, 6) is -0.122. The molecule has 0 aliphatic heterocycles. The molecule has 0 aliphatic rings. The fourth-order valence-electron chi connectivity index (χ4n) is 1.43. The first-order valence-corrected chi connectivity index (χ1v) is 5.83. The molecule has 1 aromatic rings. The topological polar surface area (TPSA) is 84.3 Å². The average molecular weight is 251 g/mol. The van der Waals surface area contributed by atoms with Crippen molar-refractivity contribution >= 4 is 17.3 Å². The summed E-state index contributed by atoms with van der Waals surface area (Å²) >= 11 is 0. The van der Waals surface area contributed by atoms with E-state index in [0.717, 1.165) is 6.42 Å². The number of nitrogens with zero attached hydrogens (tertiary/aromatic N) is 1. The van der Waals surface area contributed by atoms with Gasteiger partial charge in [0.05, 0.1) is 4.92 Å². The third-order valence-electron chi connectivity index (χ3n) is 2.38. The van der Waals surface area contributed by atoms with Crippen LogP contribution in [-0.2, 0) is 4.79 Å². The van der Waals surface area contributed by atoms with Gasteiger partial charge in [0.2, 0.25) is 5.91 Å². The Bertz CT molecular complexity index is 434. The van der Waals surface area contributed by atoms with Crippen LogP contribution in [0.5, 0.6) is 0 Å². The van der Waals surface area contributed by atoms with Crippen LogP contribution in [-0.4, -0.2) is 23.4 Å². The molecule has 1 rings (SSSR count). The number of nitro benzene ring substituents is 1. The minimum atomic E-state index is -0.465. The van der Waals surface area contributed by atoms with Crippen molar-refractivity contribution in [1.29, 1.82) is 0 Å². The van der Waals surface area contributed by atoms with Crippen LogP contribution in [0.4, 0.5) is 11.4 Å². The smallest absolute Gasteiger partial charge is 0.271 e.